The first-order valence-corrected chi connectivity index (χ1v) is 7.37. The number of hydrogen-bond donors (Lipinski definition) is 0. The van der Waals surface area contributed by atoms with Gasteiger partial charge in [-0.1, -0.05) is 17.7 Å². The molecule has 6 heteroatoms. The number of carbonyl (C=O) groups is 1. The summed E-state index contributed by atoms with van der Waals surface area (Å²) in [7, 11) is -0.622. The van der Waals surface area contributed by atoms with Crippen LogP contribution in [0.1, 0.15) is 45.0 Å². The van der Waals surface area contributed by atoms with Crippen molar-refractivity contribution in [2.45, 2.75) is 45.8 Å². The molecule has 4 nitrogen and oxygen atoms in total. The van der Waals surface area contributed by atoms with Crippen molar-refractivity contribution in [1.82, 2.24) is 0 Å². The number of hydrogen-bond acceptors (Lipinski definition) is 4. The summed E-state index contributed by atoms with van der Waals surface area (Å²) in [5, 5.41) is 0.291. The van der Waals surface area contributed by atoms with Crippen LogP contribution in [0.25, 0.3) is 0 Å². The van der Waals surface area contributed by atoms with Crippen molar-refractivity contribution in [3.05, 3.63) is 22.7 Å². The van der Waals surface area contributed by atoms with Crippen molar-refractivity contribution in [3.63, 3.8) is 0 Å². The van der Waals surface area contributed by atoms with E-state index in [2.05, 4.69) is 0 Å². The zero-order valence-electron chi connectivity index (χ0n) is 13.0. The molecule has 1 aliphatic heterocycles. The molecule has 1 fully saturated rings. The molecule has 0 spiro atoms. The Morgan fingerprint density at radius 1 is 1.24 bits per heavy atom. The Labute approximate surface area is 130 Å². The van der Waals surface area contributed by atoms with E-state index < -0.39 is 18.3 Å². The normalized spacial score (nSPS) is 19.6. The highest BCUT2D eigenvalue weighted by Gasteiger charge is 2.52. The van der Waals surface area contributed by atoms with Crippen LogP contribution in [0.3, 0.4) is 0 Å². The molecule has 1 aromatic carbocycles. The second kappa shape index (κ2) is 5.63. The largest absolute Gasteiger partial charge is 0.495 e. The Morgan fingerprint density at radius 2 is 1.81 bits per heavy atom. The Kier molecular flexibility index (Phi) is 4.38. The first kappa shape index (κ1) is 16.3. The van der Waals surface area contributed by atoms with Crippen molar-refractivity contribution in [3.8, 4) is 5.75 Å². The SMILES string of the molecule is CCOc1ccc(B2OC(C)(C)C(C)(C)O2)c(C=O)c1Cl. The third-order valence-corrected chi connectivity index (χ3v) is 4.49. The molecule has 0 aromatic heterocycles. The van der Waals surface area contributed by atoms with Gasteiger partial charge in [-0.2, -0.15) is 0 Å². The van der Waals surface area contributed by atoms with E-state index in [-0.39, 0.29) is 0 Å². The van der Waals surface area contributed by atoms with Crippen LogP contribution in [0.5, 0.6) is 5.75 Å². The van der Waals surface area contributed by atoms with Gasteiger partial charge in [-0.05, 0) is 46.1 Å². The standard InChI is InChI=1S/C15H20BClO4/c1-6-19-12-8-7-11(10(9-18)13(12)17)16-20-14(2,3)15(4,5)21-16/h7-9H,6H2,1-5H3. The predicted molar refractivity (Wildman–Crippen MR) is 83.7 cm³/mol. The number of benzene rings is 1. The van der Waals surface area contributed by atoms with E-state index in [0.717, 1.165) is 0 Å². The molecule has 0 amide bonds. The van der Waals surface area contributed by atoms with E-state index in [1.54, 1.807) is 12.1 Å². The smallest absolute Gasteiger partial charge is 0.492 e. The van der Waals surface area contributed by atoms with Crippen LogP contribution < -0.4 is 10.2 Å². The van der Waals surface area contributed by atoms with E-state index in [4.69, 9.17) is 25.6 Å². The third kappa shape index (κ3) is 2.82. The number of halogens is 1. The molecule has 0 saturated carbocycles. The Balaban J connectivity index is 2.42. The van der Waals surface area contributed by atoms with Crippen molar-refractivity contribution in [1.29, 1.82) is 0 Å². The fourth-order valence-electron chi connectivity index (χ4n) is 2.15. The molecule has 0 N–H and O–H groups in total. The summed E-state index contributed by atoms with van der Waals surface area (Å²) in [6, 6.07) is 3.50. The number of ether oxygens (including phenoxy) is 1. The zero-order chi connectivity index (χ0) is 15.8. The van der Waals surface area contributed by atoms with Crippen molar-refractivity contribution in [2.24, 2.45) is 0 Å². The number of carbonyl (C=O) groups excluding carboxylic acids is 1. The summed E-state index contributed by atoms with van der Waals surface area (Å²) in [6.45, 7) is 10.2. The average molecular weight is 311 g/mol. The summed E-state index contributed by atoms with van der Waals surface area (Å²) in [6.07, 6.45) is 0.714. The van der Waals surface area contributed by atoms with Gasteiger partial charge in [-0.3, -0.25) is 4.79 Å². The van der Waals surface area contributed by atoms with E-state index in [9.17, 15) is 4.79 Å². The lowest BCUT2D eigenvalue weighted by Crippen LogP contribution is -2.41. The van der Waals surface area contributed by atoms with E-state index >= 15 is 0 Å². The van der Waals surface area contributed by atoms with Crippen LogP contribution in [0.15, 0.2) is 12.1 Å². The lowest BCUT2D eigenvalue weighted by Gasteiger charge is -2.32. The van der Waals surface area contributed by atoms with Crippen molar-refractivity contribution in [2.75, 3.05) is 6.61 Å². The Hall–Kier alpha value is -1.04. The van der Waals surface area contributed by atoms with Gasteiger partial charge < -0.3 is 14.0 Å². The lowest BCUT2D eigenvalue weighted by atomic mass is 9.76. The third-order valence-electron chi connectivity index (χ3n) is 4.10. The van der Waals surface area contributed by atoms with Crippen LogP contribution in [0, 0.1) is 0 Å². The van der Waals surface area contributed by atoms with Crippen molar-refractivity contribution < 1.29 is 18.8 Å². The summed E-state index contributed by atoms with van der Waals surface area (Å²) in [5.74, 6) is 0.488. The van der Waals surface area contributed by atoms with E-state index in [0.29, 0.717) is 34.7 Å². The molecular weight excluding hydrogens is 290 g/mol. The van der Waals surface area contributed by atoms with Crippen LogP contribution in [-0.2, 0) is 9.31 Å². The molecule has 1 saturated heterocycles. The van der Waals surface area contributed by atoms with Crippen LogP contribution in [0.2, 0.25) is 5.02 Å². The molecule has 1 aromatic rings. The highest BCUT2D eigenvalue weighted by molar-refractivity contribution is 6.64. The van der Waals surface area contributed by atoms with Gasteiger partial charge in [-0.15, -0.1) is 0 Å². The molecule has 0 bridgehead atoms. The van der Waals surface area contributed by atoms with Gasteiger partial charge in [0.05, 0.1) is 22.8 Å². The van der Waals surface area contributed by atoms with Crippen LogP contribution in [0.4, 0.5) is 0 Å². The fourth-order valence-corrected chi connectivity index (χ4v) is 2.42. The maximum Gasteiger partial charge on any atom is 0.495 e. The molecule has 114 valence electrons. The number of rotatable bonds is 4. The molecule has 0 unspecified atom stereocenters. The molecule has 1 heterocycles. The molecule has 1 aliphatic rings. The Bertz CT molecular complexity index is 541. The molecular formula is C15H20BClO4. The van der Waals surface area contributed by atoms with Gasteiger partial charge in [-0.25, -0.2) is 0 Å². The molecule has 2 rings (SSSR count). The van der Waals surface area contributed by atoms with Gasteiger partial charge in [0.2, 0.25) is 0 Å². The molecule has 21 heavy (non-hydrogen) atoms. The monoisotopic (exact) mass is 310 g/mol. The van der Waals surface area contributed by atoms with Crippen LogP contribution >= 0.6 is 11.6 Å². The summed E-state index contributed by atoms with van der Waals surface area (Å²) < 4.78 is 17.3. The molecule has 0 aliphatic carbocycles. The van der Waals surface area contributed by atoms with Gasteiger partial charge in [0.1, 0.15) is 5.75 Å². The van der Waals surface area contributed by atoms with Crippen molar-refractivity contribution >= 4 is 30.5 Å². The summed E-state index contributed by atoms with van der Waals surface area (Å²) in [5.41, 5.74) is 0.0319. The second-order valence-electron chi connectivity index (χ2n) is 6.02. The highest BCUT2D eigenvalue weighted by atomic mass is 35.5. The molecule has 0 atom stereocenters. The number of aldehydes is 1. The van der Waals surface area contributed by atoms with E-state index in [1.165, 1.54) is 0 Å². The highest BCUT2D eigenvalue weighted by Crippen LogP contribution is 2.37. The minimum Gasteiger partial charge on any atom is -0.492 e. The first-order valence-electron chi connectivity index (χ1n) is 6.99. The van der Waals surface area contributed by atoms with Gasteiger partial charge in [0, 0.05) is 5.56 Å². The molecule has 0 radical (unpaired) electrons. The summed E-state index contributed by atoms with van der Waals surface area (Å²) in [4.78, 5) is 11.4. The Morgan fingerprint density at radius 3 is 2.29 bits per heavy atom. The maximum absolute atomic E-state index is 11.4. The van der Waals surface area contributed by atoms with E-state index in [1.807, 2.05) is 34.6 Å². The predicted octanol–water partition coefficient (Wildman–Crippen LogP) is 2.85. The summed E-state index contributed by atoms with van der Waals surface area (Å²) >= 11 is 6.25. The minimum atomic E-state index is -0.622. The van der Waals surface area contributed by atoms with Gasteiger partial charge >= 0.3 is 7.12 Å². The minimum absolute atomic E-state index is 0.291. The fraction of sp³-hybridized carbons (Fsp3) is 0.533. The maximum atomic E-state index is 11.4. The van der Waals surface area contributed by atoms with Gasteiger partial charge in [0.15, 0.2) is 6.29 Å². The lowest BCUT2D eigenvalue weighted by molar-refractivity contribution is 0.00578. The quantitative estimate of drug-likeness (QED) is 0.633. The first-order chi connectivity index (χ1) is 9.73. The topological polar surface area (TPSA) is 44.8 Å². The zero-order valence-corrected chi connectivity index (χ0v) is 13.8. The second-order valence-corrected chi connectivity index (χ2v) is 6.40. The van der Waals surface area contributed by atoms with Crippen LogP contribution in [-0.4, -0.2) is 31.2 Å². The average Bonchev–Trinajstić information content (AvgIpc) is 2.60. The van der Waals surface area contributed by atoms with Gasteiger partial charge in [0.25, 0.3) is 0 Å².